The smallest absolute Gasteiger partial charge is 0.333 e. The molecule has 3 aromatic rings. The van der Waals surface area contributed by atoms with Crippen molar-refractivity contribution in [1.82, 2.24) is 4.90 Å². The Morgan fingerprint density at radius 2 is 1.03 bits per heavy atom. The molecule has 0 saturated heterocycles. The lowest BCUT2D eigenvalue weighted by molar-refractivity contribution is -0.161. The Morgan fingerprint density at radius 1 is 0.577 bits per heavy atom. The first-order chi connectivity index (χ1) is 33.0. The molecule has 0 spiro atoms. The van der Waals surface area contributed by atoms with Crippen molar-refractivity contribution in [3.63, 3.8) is 0 Å². The van der Waals surface area contributed by atoms with E-state index in [0.717, 1.165) is 67.7 Å². The third-order valence-electron chi connectivity index (χ3n) is 14.5. The van der Waals surface area contributed by atoms with Crippen LogP contribution in [-0.2, 0) is 38.0 Å². The second-order valence-electron chi connectivity index (χ2n) is 23.1. The van der Waals surface area contributed by atoms with Gasteiger partial charge in [0.15, 0.2) is 0 Å². The zero-order valence-electron chi connectivity index (χ0n) is 46.7. The number of nitrogens with zero attached hydrogens (tertiary/aromatic N) is 1. The van der Waals surface area contributed by atoms with Gasteiger partial charge in [-0.1, -0.05) is 87.5 Å². The Morgan fingerprint density at radius 3 is 1.49 bits per heavy atom. The maximum Gasteiger partial charge on any atom is 0.333 e. The molecule has 0 aliphatic rings. The summed E-state index contributed by atoms with van der Waals surface area (Å²) < 4.78 is 49.6. The Kier molecular flexibility index (Phi) is 23.3. The van der Waals surface area contributed by atoms with Crippen LogP contribution in [0.2, 0.25) is 0 Å². The van der Waals surface area contributed by atoms with Crippen LogP contribution in [0.5, 0.6) is 11.5 Å². The van der Waals surface area contributed by atoms with Gasteiger partial charge in [0.25, 0.3) is 6.47 Å². The van der Waals surface area contributed by atoms with E-state index < -0.39 is 28.5 Å². The molecule has 0 aromatic heterocycles. The lowest BCUT2D eigenvalue weighted by Crippen LogP contribution is -2.46. The van der Waals surface area contributed by atoms with Gasteiger partial charge in [-0.15, -0.1) is 0 Å². The number of carbonyl (C=O) groups excluding carboxylic acids is 2. The first-order valence-electron chi connectivity index (χ1n) is 25.8. The monoisotopic (exact) mass is 988 g/mol. The van der Waals surface area contributed by atoms with Crippen LogP contribution in [-0.4, -0.2) is 104 Å². The molecule has 71 heavy (non-hydrogen) atoms. The molecule has 0 amide bonds. The molecule has 11 nitrogen and oxygen atoms in total. The zero-order chi connectivity index (χ0) is 53.2. The number of benzene rings is 3. The molecule has 3 rings (SSSR count). The normalized spacial score (nSPS) is 13.9. The van der Waals surface area contributed by atoms with Crippen LogP contribution in [0.15, 0.2) is 97.1 Å². The maximum atomic E-state index is 12.6. The van der Waals surface area contributed by atoms with Gasteiger partial charge >= 0.3 is 5.97 Å². The summed E-state index contributed by atoms with van der Waals surface area (Å²) in [5.74, 6) is 0.884. The highest BCUT2D eigenvalue weighted by Gasteiger charge is 2.42. The second kappa shape index (κ2) is 27.2. The number of esters is 1. The lowest BCUT2D eigenvalue weighted by Gasteiger charge is -2.44. The largest absolute Gasteiger partial charge is 0.493 e. The fourth-order valence-electron chi connectivity index (χ4n) is 8.10. The molecule has 3 aromatic carbocycles. The van der Waals surface area contributed by atoms with E-state index in [9.17, 15) is 9.59 Å². The summed E-state index contributed by atoms with van der Waals surface area (Å²) in [4.78, 5) is 26.1. The molecule has 11 heteroatoms. The average Bonchev–Trinajstić information content (AvgIpc) is 3.28. The summed E-state index contributed by atoms with van der Waals surface area (Å²) in [5.41, 5.74) is -0.825. The third-order valence-corrected chi connectivity index (χ3v) is 14.5. The summed E-state index contributed by atoms with van der Waals surface area (Å²) in [7, 11) is 2.06. The minimum atomic E-state index is -0.801. The summed E-state index contributed by atoms with van der Waals surface area (Å²) in [5, 5.41) is 0. The second-order valence-corrected chi connectivity index (χ2v) is 23.1. The third kappa shape index (κ3) is 20.6. The molecule has 0 bridgehead atoms. The van der Waals surface area contributed by atoms with Gasteiger partial charge in [0.2, 0.25) is 0 Å². The maximum absolute atomic E-state index is 12.6. The molecule has 0 heterocycles. The molecular weight excluding hydrogens is 895 g/mol. The molecule has 0 saturated carbocycles. The lowest BCUT2D eigenvalue weighted by atomic mass is 9.73. The van der Waals surface area contributed by atoms with Crippen LogP contribution in [0.1, 0.15) is 165 Å². The van der Waals surface area contributed by atoms with E-state index in [2.05, 4.69) is 99.9 Å². The number of hydrogen-bond donors (Lipinski definition) is 0. The van der Waals surface area contributed by atoms with Crippen molar-refractivity contribution < 1.29 is 47.5 Å². The molecule has 0 radical (unpaired) electrons. The van der Waals surface area contributed by atoms with Gasteiger partial charge in [0.1, 0.15) is 28.4 Å². The van der Waals surface area contributed by atoms with E-state index in [0.29, 0.717) is 51.7 Å². The van der Waals surface area contributed by atoms with E-state index >= 15 is 0 Å². The average molecular weight is 988 g/mol. The van der Waals surface area contributed by atoms with Crippen molar-refractivity contribution in [3.8, 4) is 11.5 Å². The quantitative estimate of drug-likeness (QED) is 0.0185. The number of hydrogen-bond acceptors (Lipinski definition) is 11. The van der Waals surface area contributed by atoms with Crippen LogP contribution in [0.3, 0.4) is 0 Å². The van der Waals surface area contributed by atoms with Crippen LogP contribution in [0.4, 0.5) is 0 Å². The molecule has 0 fully saturated rings. The van der Waals surface area contributed by atoms with Crippen molar-refractivity contribution in [2.75, 3.05) is 53.2 Å². The summed E-state index contributed by atoms with van der Waals surface area (Å²) in [6.07, 6.45) is 5.24. The first kappa shape index (κ1) is 61.0. The van der Waals surface area contributed by atoms with Gasteiger partial charge in [-0.2, -0.15) is 0 Å². The van der Waals surface area contributed by atoms with Gasteiger partial charge in [0, 0.05) is 50.0 Å². The fourth-order valence-corrected chi connectivity index (χ4v) is 8.10. The minimum Gasteiger partial charge on any atom is -0.493 e. The summed E-state index contributed by atoms with van der Waals surface area (Å²) in [6, 6.07) is 28.0. The van der Waals surface area contributed by atoms with Gasteiger partial charge < -0.3 is 37.9 Å². The fraction of sp³-hybridized carbons (Fsp3) is 0.633. The molecule has 0 aliphatic heterocycles. The number of ether oxygens (including phenoxy) is 8. The number of carbonyl (C=O) groups is 2. The van der Waals surface area contributed by atoms with Crippen molar-refractivity contribution in [2.24, 2.45) is 5.41 Å². The molecule has 0 aliphatic carbocycles. The topological polar surface area (TPSA) is 111 Å². The standard InChI is InChI=1S/C60H93NO10/c1-46(2)53(63)71-58(11,12)52(48-29-22-19-23-30-48)43-68-59(13,14)54(3,4)35-24-25-39-66-55(5,6)36-41-64-49-31-33-50(34-32-49)65-42-37-56(7,8)67-40-26-38-61(17)60(15,16)69-44-51(57(9,10)70-45-62)47-27-20-18-21-28-47/h18-23,27-34,45,51-52H,1,24-26,35-44H2,2-17H3. The summed E-state index contributed by atoms with van der Waals surface area (Å²) in [6.45, 7) is 39.0. The van der Waals surface area contributed by atoms with Gasteiger partial charge in [0.05, 0.1) is 43.2 Å². The predicted molar refractivity (Wildman–Crippen MR) is 286 cm³/mol. The molecule has 2 unspecified atom stereocenters. The van der Waals surface area contributed by atoms with Gasteiger partial charge in [-0.3, -0.25) is 9.69 Å². The van der Waals surface area contributed by atoms with E-state index in [1.54, 1.807) is 6.92 Å². The van der Waals surface area contributed by atoms with Crippen LogP contribution in [0.25, 0.3) is 0 Å². The van der Waals surface area contributed by atoms with Gasteiger partial charge in [-0.25, -0.2) is 4.79 Å². The van der Waals surface area contributed by atoms with Crippen molar-refractivity contribution in [3.05, 3.63) is 108 Å². The highest BCUT2D eigenvalue weighted by atomic mass is 16.6. The molecule has 2 atom stereocenters. The van der Waals surface area contributed by atoms with Crippen LogP contribution >= 0.6 is 0 Å². The zero-order valence-corrected chi connectivity index (χ0v) is 46.7. The van der Waals surface area contributed by atoms with Crippen LogP contribution < -0.4 is 9.47 Å². The van der Waals surface area contributed by atoms with Crippen LogP contribution in [0, 0.1) is 5.41 Å². The Labute approximate surface area is 429 Å². The number of unbranched alkanes of at least 4 members (excludes halogenated alkanes) is 1. The van der Waals surface area contributed by atoms with E-state index in [1.165, 1.54) is 0 Å². The first-order valence-corrected chi connectivity index (χ1v) is 25.8. The molecular formula is C60H93NO10. The SMILES string of the molecule is C=C(C)C(=O)OC(C)(C)C(COC(C)(C)C(C)(C)CCCCOC(C)(C)CCOc1ccc(OCCC(C)(C)OCCCN(C)C(C)(C)OCC(c2ccccc2)C(C)(C)OC=O)cc1)c1ccccc1. The van der Waals surface area contributed by atoms with E-state index in [4.69, 9.17) is 37.9 Å². The van der Waals surface area contributed by atoms with E-state index in [-0.39, 0.29) is 28.5 Å². The van der Waals surface area contributed by atoms with E-state index in [1.807, 2.05) is 100 Å². The van der Waals surface area contributed by atoms with Crippen molar-refractivity contribution in [1.29, 1.82) is 0 Å². The Hall–Kier alpha value is -4.26. The molecule has 0 N–H and O–H groups in total. The Bertz CT molecular complexity index is 2020. The predicted octanol–water partition coefficient (Wildman–Crippen LogP) is 13.3. The van der Waals surface area contributed by atoms with Crippen molar-refractivity contribution in [2.45, 2.75) is 188 Å². The molecule has 398 valence electrons. The highest BCUT2D eigenvalue weighted by molar-refractivity contribution is 5.87. The Balaban J connectivity index is 1.34. The summed E-state index contributed by atoms with van der Waals surface area (Å²) >= 11 is 0. The highest BCUT2D eigenvalue weighted by Crippen LogP contribution is 2.41. The minimum absolute atomic E-state index is 0.125. The van der Waals surface area contributed by atoms with Crippen molar-refractivity contribution >= 4 is 12.4 Å². The number of rotatable bonds is 35. The van der Waals surface area contributed by atoms with Gasteiger partial charge in [-0.05, 0) is 157 Å².